The lowest BCUT2D eigenvalue weighted by Crippen LogP contribution is -2.46. The zero-order valence-corrected chi connectivity index (χ0v) is 21.0. The van der Waals surface area contributed by atoms with Crippen LogP contribution in [0.1, 0.15) is 40.8 Å². The van der Waals surface area contributed by atoms with E-state index in [2.05, 4.69) is 61.1 Å². The van der Waals surface area contributed by atoms with Crippen LogP contribution in [-0.4, -0.2) is 49.2 Å². The molecule has 0 spiro atoms. The van der Waals surface area contributed by atoms with E-state index >= 15 is 0 Å². The maximum Gasteiger partial charge on any atom is 0.137 e. The molecule has 0 bridgehead atoms. The van der Waals surface area contributed by atoms with Crippen molar-refractivity contribution in [1.82, 2.24) is 29.5 Å². The number of imidazole rings is 1. The summed E-state index contributed by atoms with van der Waals surface area (Å²) in [6.45, 7) is 2.11. The second-order valence-electron chi connectivity index (χ2n) is 10.1. The first-order valence-corrected chi connectivity index (χ1v) is 13.1. The highest BCUT2D eigenvalue weighted by Gasteiger charge is 2.27. The Hall–Kier alpha value is -3.55. The quantitative estimate of drug-likeness (QED) is 0.316. The first kappa shape index (κ1) is 22.6. The summed E-state index contributed by atoms with van der Waals surface area (Å²) >= 11 is 6.70. The molecule has 2 aliphatic rings. The van der Waals surface area contributed by atoms with E-state index in [1.54, 1.807) is 6.20 Å². The van der Waals surface area contributed by atoms with E-state index in [1.165, 1.54) is 27.7 Å². The van der Waals surface area contributed by atoms with Gasteiger partial charge in [-0.05, 0) is 76.9 Å². The molecule has 5 heterocycles. The molecule has 5 aromatic rings. The van der Waals surface area contributed by atoms with Crippen molar-refractivity contribution in [2.24, 2.45) is 5.92 Å². The minimum Gasteiger partial charge on any atom is -0.307 e. The average Bonchev–Trinajstić information content (AvgIpc) is 3.48. The number of H-pyrrole nitrogens is 1. The van der Waals surface area contributed by atoms with Gasteiger partial charge in [0.25, 0.3) is 0 Å². The molecular formula is C29H26ClFN6. The van der Waals surface area contributed by atoms with Gasteiger partial charge in [0.05, 0.1) is 29.1 Å². The maximum atomic E-state index is 12.9. The van der Waals surface area contributed by atoms with Crippen LogP contribution >= 0.6 is 11.6 Å². The number of benzene rings is 1. The monoisotopic (exact) mass is 512 g/mol. The number of nitrogens with zero attached hydrogens (tertiary/aromatic N) is 5. The summed E-state index contributed by atoms with van der Waals surface area (Å²) in [7, 11) is 0. The molecule has 0 saturated carbocycles. The van der Waals surface area contributed by atoms with E-state index in [4.69, 9.17) is 16.6 Å². The second-order valence-corrected chi connectivity index (χ2v) is 10.5. The minimum absolute atomic E-state index is 0.172. The van der Waals surface area contributed by atoms with Gasteiger partial charge in [-0.1, -0.05) is 17.7 Å². The Labute approximate surface area is 218 Å². The number of alkyl halides is 1. The SMILES string of the molecule is FCC1CN(Cc2cn3ccc(C4=C(c5ccncc5Cl)CCCc5c4ccc4[nH]ncc54)cc3n2)C1. The first-order chi connectivity index (χ1) is 18.2. The van der Waals surface area contributed by atoms with Crippen LogP contribution < -0.4 is 0 Å². The number of hydrogen-bond donors (Lipinski definition) is 1. The van der Waals surface area contributed by atoms with Crippen LogP contribution in [0, 0.1) is 5.92 Å². The molecule has 1 aliphatic heterocycles. The number of pyridine rings is 2. The van der Waals surface area contributed by atoms with Gasteiger partial charge >= 0.3 is 0 Å². The Balaban J connectivity index is 1.38. The summed E-state index contributed by atoms with van der Waals surface area (Å²) in [6, 6.07) is 10.7. The minimum atomic E-state index is -0.240. The van der Waals surface area contributed by atoms with Crippen LogP contribution in [0.3, 0.4) is 0 Å². The standard InChI is InChI=1S/C29H26ClFN6/c30-26-13-32-8-6-22(26)23-3-1-2-21-24(4-5-27-25(21)12-33-35-27)29(23)19-7-9-37-17-20(34-28(37)10-19)16-36-14-18(11-31)15-36/h4-10,12-13,17-18H,1-3,11,14-16H2,(H,33,35). The van der Waals surface area contributed by atoms with E-state index in [0.717, 1.165) is 66.9 Å². The van der Waals surface area contributed by atoms with Gasteiger partial charge in [0.1, 0.15) is 5.65 Å². The molecule has 1 aliphatic carbocycles. The fraction of sp³-hybridized carbons (Fsp3) is 0.276. The number of hydrogen-bond acceptors (Lipinski definition) is 4. The average molecular weight is 513 g/mol. The van der Waals surface area contributed by atoms with Crippen LogP contribution in [0.5, 0.6) is 0 Å². The number of fused-ring (bicyclic) bond motifs is 4. The highest BCUT2D eigenvalue weighted by atomic mass is 35.5. The zero-order chi connectivity index (χ0) is 24.9. The van der Waals surface area contributed by atoms with Gasteiger partial charge < -0.3 is 4.40 Å². The molecule has 6 nitrogen and oxygen atoms in total. The number of likely N-dealkylation sites (tertiary alicyclic amines) is 1. The topological polar surface area (TPSA) is 62.1 Å². The Morgan fingerprint density at radius 1 is 1.08 bits per heavy atom. The molecule has 0 unspecified atom stereocenters. The number of aromatic nitrogens is 5. The van der Waals surface area contributed by atoms with Crippen molar-refractivity contribution in [3.63, 3.8) is 0 Å². The molecule has 4 aromatic heterocycles. The van der Waals surface area contributed by atoms with Crippen molar-refractivity contribution in [3.05, 3.63) is 94.3 Å². The molecule has 37 heavy (non-hydrogen) atoms. The lowest BCUT2D eigenvalue weighted by Gasteiger charge is -2.37. The van der Waals surface area contributed by atoms with Gasteiger partial charge in [-0.25, -0.2) is 4.98 Å². The van der Waals surface area contributed by atoms with Gasteiger partial charge in [-0.3, -0.25) is 19.4 Å². The highest BCUT2D eigenvalue weighted by molar-refractivity contribution is 6.32. The molecule has 0 radical (unpaired) electrons. The second kappa shape index (κ2) is 9.08. The van der Waals surface area contributed by atoms with Crippen molar-refractivity contribution in [1.29, 1.82) is 0 Å². The van der Waals surface area contributed by atoms with E-state index in [1.807, 2.05) is 18.5 Å². The molecule has 1 N–H and O–H groups in total. The smallest absolute Gasteiger partial charge is 0.137 e. The first-order valence-electron chi connectivity index (χ1n) is 12.7. The lowest BCUT2D eigenvalue weighted by molar-refractivity contribution is 0.0727. The number of allylic oxidation sites excluding steroid dienone is 1. The predicted molar refractivity (Wildman–Crippen MR) is 144 cm³/mol. The van der Waals surface area contributed by atoms with E-state index in [9.17, 15) is 4.39 Å². The van der Waals surface area contributed by atoms with Crippen LogP contribution in [0.4, 0.5) is 4.39 Å². The van der Waals surface area contributed by atoms with Crippen LogP contribution in [-0.2, 0) is 13.0 Å². The zero-order valence-electron chi connectivity index (χ0n) is 20.3. The fourth-order valence-corrected chi connectivity index (χ4v) is 6.16. The summed E-state index contributed by atoms with van der Waals surface area (Å²) in [6.07, 6.45) is 12.5. The van der Waals surface area contributed by atoms with Gasteiger partial charge in [-0.15, -0.1) is 0 Å². The van der Waals surface area contributed by atoms with Crippen molar-refractivity contribution in [2.75, 3.05) is 19.8 Å². The number of rotatable bonds is 5. The molecule has 7 rings (SSSR count). The summed E-state index contributed by atoms with van der Waals surface area (Å²) in [5, 5.41) is 9.26. The normalized spacial score (nSPS) is 16.8. The molecule has 8 heteroatoms. The van der Waals surface area contributed by atoms with Crippen LogP contribution in [0.15, 0.2) is 61.3 Å². The van der Waals surface area contributed by atoms with Crippen molar-refractivity contribution in [2.45, 2.75) is 25.8 Å². The number of nitrogens with one attached hydrogen (secondary N) is 1. The molecule has 1 aromatic carbocycles. The Kier molecular flexibility index (Phi) is 5.55. The van der Waals surface area contributed by atoms with Gasteiger partial charge in [0.15, 0.2) is 0 Å². The summed E-state index contributed by atoms with van der Waals surface area (Å²) < 4.78 is 14.9. The number of aromatic amines is 1. The molecule has 1 fully saturated rings. The fourth-order valence-electron chi connectivity index (χ4n) is 5.93. The van der Waals surface area contributed by atoms with Crippen LogP contribution in [0.25, 0.3) is 27.7 Å². The molecule has 186 valence electrons. The molecule has 0 atom stereocenters. The van der Waals surface area contributed by atoms with E-state index in [-0.39, 0.29) is 12.6 Å². The lowest BCUT2D eigenvalue weighted by atomic mass is 9.87. The van der Waals surface area contributed by atoms with Crippen molar-refractivity contribution >= 4 is 39.3 Å². The van der Waals surface area contributed by atoms with Crippen LogP contribution in [0.2, 0.25) is 5.02 Å². The van der Waals surface area contributed by atoms with Crippen molar-refractivity contribution < 1.29 is 4.39 Å². The molecular weight excluding hydrogens is 487 g/mol. The number of aryl methyl sites for hydroxylation is 1. The highest BCUT2D eigenvalue weighted by Crippen LogP contribution is 2.43. The molecule has 0 amide bonds. The third kappa shape index (κ3) is 3.93. The van der Waals surface area contributed by atoms with Gasteiger partial charge in [-0.2, -0.15) is 5.10 Å². The number of halogens is 2. The van der Waals surface area contributed by atoms with Crippen molar-refractivity contribution in [3.8, 4) is 0 Å². The summed E-state index contributed by atoms with van der Waals surface area (Å²) in [4.78, 5) is 11.4. The predicted octanol–water partition coefficient (Wildman–Crippen LogP) is 5.96. The Morgan fingerprint density at radius 3 is 2.86 bits per heavy atom. The third-order valence-corrected chi connectivity index (χ3v) is 7.99. The van der Waals surface area contributed by atoms with E-state index < -0.39 is 0 Å². The summed E-state index contributed by atoms with van der Waals surface area (Å²) in [5.41, 5.74) is 10.0. The maximum absolute atomic E-state index is 12.9. The summed E-state index contributed by atoms with van der Waals surface area (Å²) in [5.74, 6) is 0.172. The Morgan fingerprint density at radius 2 is 2.00 bits per heavy atom. The third-order valence-electron chi connectivity index (χ3n) is 7.69. The van der Waals surface area contributed by atoms with Gasteiger partial charge in [0.2, 0.25) is 0 Å². The molecule has 1 saturated heterocycles. The largest absolute Gasteiger partial charge is 0.307 e. The van der Waals surface area contributed by atoms with Gasteiger partial charge in [0, 0.05) is 55.7 Å². The van der Waals surface area contributed by atoms with E-state index in [0.29, 0.717) is 5.02 Å². The Bertz CT molecular complexity index is 1660.